The number of nitrogens with zero attached hydrogens (tertiary/aromatic N) is 2. The third-order valence-corrected chi connectivity index (χ3v) is 3.05. The van der Waals surface area contributed by atoms with Crippen LogP contribution in [0.3, 0.4) is 0 Å². The predicted octanol–water partition coefficient (Wildman–Crippen LogP) is 4.00. The number of carbonyl (C=O) groups excluding carboxylic acids is 1. The first-order valence-corrected chi connectivity index (χ1v) is 6.72. The zero-order chi connectivity index (χ0) is 15.0. The Labute approximate surface area is 117 Å². The molecule has 0 amide bonds. The van der Waals surface area contributed by atoms with E-state index in [1.54, 1.807) is 13.1 Å². The van der Waals surface area contributed by atoms with Crippen molar-refractivity contribution in [1.29, 1.82) is 0 Å². The lowest BCUT2D eigenvalue weighted by Crippen LogP contribution is -2.53. The van der Waals surface area contributed by atoms with Gasteiger partial charge in [0.15, 0.2) is 5.78 Å². The van der Waals surface area contributed by atoms with Gasteiger partial charge in [-0.3, -0.25) is 4.79 Å². The first-order chi connectivity index (χ1) is 8.44. The zero-order valence-electron chi connectivity index (χ0n) is 13.5. The molecule has 0 saturated carbocycles. The number of hydrogen-bond acceptors (Lipinski definition) is 3. The van der Waals surface area contributed by atoms with Crippen LogP contribution in [0, 0.1) is 6.92 Å². The summed E-state index contributed by atoms with van der Waals surface area (Å²) in [6.45, 7) is 16.6. The molecular formula is C16H26N2O. The van der Waals surface area contributed by atoms with Crippen molar-refractivity contribution in [2.45, 2.75) is 66.5 Å². The van der Waals surface area contributed by atoms with Crippen LogP contribution in [-0.4, -0.2) is 21.8 Å². The second kappa shape index (κ2) is 4.95. The average molecular weight is 262 g/mol. The molecule has 0 aromatic carbocycles. The van der Waals surface area contributed by atoms with Crippen LogP contribution in [0.15, 0.2) is 12.3 Å². The first kappa shape index (κ1) is 15.7. The number of pyridine rings is 1. The summed E-state index contributed by atoms with van der Waals surface area (Å²) < 4.78 is 0. The van der Waals surface area contributed by atoms with Gasteiger partial charge in [-0.1, -0.05) is 0 Å². The highest BCUT2D eigenvalue weighted by Gasteiger charge is 2.32. The largest absolute Gasteiger partial charge is 0.347 e. The number of anilines is 1. The molecule has 0 unspecified atom stereocenters. The summed E-state index contributed by atoms with van der Waals surface area (Å²) in [6.07, 6.45) is 1.69. The van der Waals surface area contributed by atoms with Crippen LogP contribution in [0.4, 0.5) is 5.82 Å². The van der Waals surface area contributed by atoms with E-state index in [0.29, 0.717) is 5.56 Å². The molecule has 1 heterocycles. The van der Waals surface area contributed by atoms with Crippen molar-refractivity contribution < 1.29 is 4.79 Å². The quantitative estimate of drug-likeness (QED) is 0.755. The van der Waals surface area contributed by atoms with Gasteiger partial charge in [-0.2, -0.15) is 0 Å². The fourth-order valence-corrected chi connectivity index (χ4v) is 2.73. The molecule has 1 rings (SSSR count). The van der Waals surface area contributed by atoms with Crippen molar-refractivity contribution in [2.24, 2.45) is 0 Å². The number of aromatic nitrogens is 1. The van der Waals surface area contributed by atoms with E-state index in [0.717, 1.165) is 11.4 Å². The van der Waals surface area contributed by atoms with Crippen molar-refractivity contribution in [3.63, 3.8) is 0 Å². The van der Waals surface area contributed by atoms with Crippen LogP contribution < -0.4 is 4.90 Å². The van der Waals surface area contributed by atoms with E-state index in [2.05, 4.69) is 51.4 Å². The van der Waals surface area contributed by atoms with E-state index in [4.69, 9.17) is 0 Å². The number of Topliss-reactive ketones (excluding diaryl/α,β-unsaturated/α-hetero) is 1. The van der Waals surface area contributed by atoms with E-state index < -0.39 is 0 Å². The van der Waals surface area contributed by atoms with Gasteiger partial charge in [0.25, 0.3) is 0 Å². The lowest BCUT2D eigenvalue weighted by Gasteiger charge is -2.46. The molecule has 0 atom stereocenters. The minimum atomic E-state index is -0.0323. The van der Waals surface area contributed by atoms with Crippen LogP contribution in [-0.2, 0) is 0 Å². The Morgan fingerprint density at radius 1 is 1.11 bits per heavy atom. The fourth-order valence-electron chi connectivity index (χ4n) is 2.73. The molecule has 0 N–H and O–H groups in total. The van der Waals surface area contributed by atoms with Gasteiger partial charge in [0, 0.05) is 22.8 Å². The standard InChI is InChI=1S/C16H26N2O/c1-11-9-14(17-10-13(11)12(2)19)18(15(3,4)5)16(6,7)8/h9-10H,1-8H3. The van der Waals surface area contributed by atoms with Crippen LogP contribution >= 0.6 is 0 Å². The molecule has 3 nitrogen and oxygen atoms in total. The van der Waals surface area contributed by atoms with Gasteiger partial charge in [-0.25, -0.2) is 4.98 Å². The molecule has 1 aromatic heterocycles. The number of rotatable bonds is 2. The van der Waals surface area contributed by atoms with Gasteiger partial charge in [-0.15, -0.1) is 0 Å². The Kier molecular flexibility index (Phi) is 4.08. The number of hydrogen-bond donors (Lipinski definition) is 0. The summed E-state index contributed by atoms with van der Waals surface area (Å²) in [5, 5.41) is 0. The van der Waals surface area contributed by atoms with Crippen LogP contribution in [0.1, 0.15) is 64.4 Å². The highest BCUT2D eigenvalue weighted by molar-refractivity contribution is 5.95. The Morgan fingerprint density at radius 2 is 1.58 bits per heavy atom. The molecule has 3 heteroatoms. The molecule has 106 valence electrons. The monoisotopic (exact) mass is 262 g/mol. The highest BCUT2D eigenvalue weighted by atomic mass is 16.1. The number of carbonyl (C=O) groups is 1. The van der Waals surface area contributed by atoms with Gasteiger partial charge in [0.2, 0.25) is 0 Å². The number of aryl methyl sites for hydroxylation is 1. The summed E-state index contributed by atoms with van der Waals surface area (Å²) in [4.78, 5) is 18.3. The minimum Gasteiger partial charge on any atom is -0.347 e. The second-order valence-electron chi connectivity index (χ2n) is 7.09. The predicted molar refractivity (Wildman–Crippen MR) is 81.0 cm³/mol. The fraction of sp³-hybridized carbons (Fsp3) is 0.625. The molecule has 0 aliphatic rings. The Balaban J connectivity index is 3.34. The Bertz CT molecular complexity index is 465. The van der Waals surface area contributed by atoms with Crippen LogP contribution in [0.5, 0.6) is 0 Å². The molecule has 0 radical (unpaired) electrons. The molecule has 1 aromatic rings. The SMILES string of the molecule is CC(=O)c1cnc(N(C(C)(C)C)C(C)(C)C)cc1C. The summed E-state index contributed by atoms with van der Waals surface area (Å²) in [5.41, 5.74) is 1.62. The van der Waals surface area contributed by atoms with Gasteiger partial charge in [0.05, 0.1) is 0 Å². The summed E-state index contributed by atoms with van der Waals surface area (Å²) in [5.74, 6) is 0.983. The van der Waals surface area contributed by atoms with Crippen molar-refractivity contribution in [2.75, 3.05) is 4.90 Å². The second-order valence-corrected chi connectivity index (χ2v) is 7.09. The molecule has 0 fully saturated rings. The van der Waals surface area contributed by atoms with Crippen molar-refractivity contribution >= 4 is 11.6 Å². The lowest BCUT2D eigenvalue weighted by atomic mass is 9.95. The van der Waals surface area contributed by atoms with Crippen LogP contribution in [0.2, 0.25) is 0 Å². The zero-order valence-corrected chi connectivity index (χ0v) is 13.5. The van der Waals surface area contributed by atoms with E-state index in [1.165, 1.54) is 0 Å². The topological polar surface area (TPSA) is 33.2 Å². The van der Waals surface area contributed by atoms with E-state index >= 15 is 0 Å². The summed E-state index contributed by atoms with van der Waals surface area (Å²) in [6, 6.07) is 2.01. The molecule has 0 aliphatic heterocycles. The van der Waals surface area contributed by atoms with E-state index in [1.807, 2.05) is 13.0 Å². The van der Waals surface area contributed by atoms with Crippen molar-refractivity contribution in [3.8, 4) is 0 Å². The maximum absolute atomic E-state index is 11.5. The maximum atomic E-state index is 11.5. The molecule has 0 spiro atoms. The Morgan fingerprint density at radius 3 is 1.89 bits per heavy atom. The highest BCUT2D eigenvalue weighted by Crippen LogP contribution is 2.31. The average Bonchev–Trinajstić information content (AvgIpc) is 2.11. The molecule has 0 aliphatic carbocycles. The third-order valence-electron chi connectivity index (χ3n) is 3.05. The smallest absolute Gasteiger partial charge is 0.161 e. The summed E-state index contributed by atoms with van der Waals surface area (Å²) >= 11 is 0. The van der Waals surface area contributed by atoms with E-state index in [-0.39, 0.29) is 16.9 Å². The van der Waals surface area contributed by atoms with Gasteiger partial charge in [0.1, 0.15) is 5.82 Å². The van der Waals surface area contributed by atoms with Crippen molar-refractivity contribution in [3.05, 3.63) is 23.4 Å². The number of ketones is 1. The lowest BCUT2D eigenvalue weighted by molar-refractivity contribution is 0.101. The summed E-state index contributed by atoms with van der Waals surface area (Å²) in [7, 11) is 0. The Hall–Kier alpha value is -1.38. The minimum absolute atomic E-state index is 0.0323. The van der Waals surface area contributed by atoms with Gasteiger partial charge < -0.3 is 4.90 Å². The first-order valence-electron chi connectivity index (χ1n) is 6.72. The van der Waals surface area contributed by atoms with Crippen LogP contribution in [0.25, 0.3) is 0 Å². The third kappa shape index (κ3) is 3.55. The molecule has 0 bridgehead atoms. The maximum Gasteiger partial charge on any atom is 0.161 e. The van der Waals surface area contributed by atoms with Gasteiger partial charge >= 0.3 is 0 Å². The molecule has 19 heavy (non-hydrogen) atoms. The normalized spacial score (nSPS) is 12.4. The van der Waals surface area contributed by atoms with Gasteiger partial charge in [-0.05, 0) is 67.0 Å². The van der Waals surface area contributed by atoms with Crippen molar-refractivity contribution in [1.82, 2.24) is 4.98 Å². The molecule has 0 saturated heterocycles. The van der Waals surface area contributed by atoms with E-state index in [9.17, 15) is 4.79 Å². The molecular weight excluding hydrogens is 236 g/mol.